The van der Waals surface area contributed by atoms with Gasteiger partial charge in [-0.3, -0.25) is 4.72 Å². The van der Waals surface area contributed by atoms with Crippen molar-refractivity contribution in [2.24, 2.45) is 5.92 Å². The van der Waals surface area contributed by atoms with E-state index in [1.807, 2.05) is 12.1 Å². The molecule has 1 heterocycles. The molecule has 0 saturated carbocycles. The van der Waals surface area contributed by atoms with Crippen molar-refractivity contribution in [2.45, 2.75) is 50.8 Å². The molecular formula is C20H27N3O2S. The van der Waals surface area contributed by atoms with Crippen molar-refractivity contribution in [2.75, 3.05) is 16.6 Å². The zero-order chi connectivity index (χ0) is 18.6. The van der Waals surface area contributed by atoms with Gasteiger partial charge in [0.2, 0.25) is 0 Å². The summed E-state index contributed by atoms with van der Waals surface area (Å²) in [5.41, 5.74) is 3.31. The quantitative estimate of drug-likeness (QED) is 0.762. The number of anilines is 2. The first kappa shape index (κ1) is 18.7. The van der Waals surface area contributed by atoms with E-state index in [2.05, 4.69) is 28.9 Å². The average molecular weight is 374 g/mol. The van der Waals surface area contributed by atoms with Gasteiger partial charge in [0.25, 0.3) is 10.0 Å². The Kier molecular flexibility index (Phi) is 5.81. The molecule has 2 aromatic rings. The molecular weight excluding hydrogens is 346 g/mol. The van der Waals surface area contributed by atoms with Crippen LogP contribution < -0.4 is 10.0 Å². The Hall–Kier alpha value is -2.08. The third-order valence-corrected chi connectivity index (χ3v) is 6.04. The number of pyridine rings is 1. The van der Waals surface area contributed by atoms with Crippen molar-refractivity contribution in [1.29, 1.82) is 0 Å². The minimum atomic E-state index is -3.62. The van der Waals surface area contributed by atoms with Crippen LogP contribution in [-0.4, -0.2) is 19.9 Å². The van der Waals surface area contributed by atoms with E-state index in [9.17, 15) is 8.42 Å². The van der Waals surface area contributed by atoms with Crippen molar-refractivity contribution in [3.05, 3.63) is 47.7 Å². The molecule has 0 unspecified atom stereocenters. The van der Waals surface area contributed by atoms with Crippen molar-refractivity contribution in [1.82, 2.24) is 4.98 Å². The van der Waals surface area contributed by atoms with Crippen LogP contribution in [0.1, 0.15) is 44.2 Å². The summed E-state index contributed by atoms with van der Waals surface area (Å²) in [6, 6.07) is 8.97. The third-order valence-electron chi connectivity index (χ3n) is 4.68. The van der Waals surface area contributed by atoms with Gasteiger partial charge in [-0.05, 0) is 73.4 Å². The Morgan fingerprint density at radius 1 is 1.08 bits per heavy atom. The van der Waals surface area contributed by atoms with Crippen molar-refractivity contribution >= 4 is 21.5 Å². The lowest BCUT2D eigenvalue weighted by Gasteiger charge is -2.17. The molecule has 0 saturated heterocycles. The second-order valence-electron chi connectivity index (χ2n) is 7.28. The molecule has 2 N–H and O–H groups in total. The Bertz CT molecular complexity index is 846. The number of nitrogens with one attached hydrogen (secondary N) is 2. The van der Waals surface area contributed by atoms with Gasteiger partial charge in [0.15, 0.2) is 0 Å². The second-order valence-corrected chi connectivity index (χ2v) is 8.97. The maximum atomic E-state index is 12.7. The van der Waals surface area contributed by atoms with Gasteiger partial charge in [-0.15, -0.1) is 0 Å². The fourth-order valence-corrected chi connectivity index (χ4v) is 4.20. The van der Waals surface area contributed by atoms with Crippen LogP contribution in [0, 0.1) is 5.92 Å². The van der Waals surface area contributed by atoms with E-state index in [1.165, 1.54) is 12.0 Å². The smallest absolute Gasteiger partial charge is 0.263 e. The Morgan fingerprint density at radius 2 is 1.85 bits per heavy atom. The first-order valence-electron chi connectivity index (χ1n) is 9.28. The number of benzene rings is 1. The number of hydrogen-bond donors (Lipinski definition) is 2. The summed E-state index contributed by atoms with van der Waals surface area (Å²) in [6.07, 6.45) is 7.02. The molecule has 1 aromatic carbocycles. The normalized spacial score (nSPS) is 14.1. The minimum absolute atomic E-state index is 0.305. The monoisotopic (exact) mass is 373 g/mol. The molecule has 0 aliphatic heterocycles. The zero-order valence-electron chi connectivity index (χ0n) is 15.5. The fraction of sp³-hybridized carbons (Fsp3) is 0.450. The van der Waals surface area contributed by atoms with Gasteiger partial charge in [-0.25, -0.2) is 13.4 Å². The highest BCUT2D eigenvalue weighted by molar-refractivity contribution is 7.92. The van der Waals surface area contributed by atoms with E-state index in [0.717, 1.165) is 43.5 Å². The Labute approximate surface area is 156 Å². The van der Waals surface area contributed by atoms with Crippen LogP contribution in [0.15, 0.2) is 41.4 Å². The SMILES string of the molecule is CC(C)CCNc1ccc(NS(=O)(=O)c2ccc3c(c2)CCCC3)nc1. The summed E-state index contributed by atoms with van der Waals surface area (Å²) in [4.78, 5) is 4.53. The number of rotatable bonds is 7. The summed E-state index contributed by atoms with van der Waals surface area (Å²) in [7, 11) is -3.62. The highest BCUT2D eigenvalue weighted by Crippen LogP contribution is 2.25. The maximum Gasteiger partial charge on any atom is 0.263 e. The van der Waals surface area contributed by atoms with Crippen molar-refractivity contribution in [3.63, 3.8) is 0 Å². The molecule has 140 valence electrons. The van der Waals surface area contributed by atoms with Gasteiger partial charge in [-0.2, -0.15) is 0 Å². The van der Waals surface area contributed by atoms with E-state index in [4.69, 9.17) is 0 Å². The summed E-state index contributed by atoms with van der Waals surface area (Å²) in [5, 5.41) is 3.29. The van der Waals surface area contributed by atoms with Gasteiger partial charge in [0.1, 0.15) is 5.82 Å². The van der Waals surface area contributed by atoms with Gasteiger partial charge in [0, 0.05) is 6.54 Å². The van der Waals surface area contributed by atoms with Gasteiger partial charge >= 0.3 is 0 Å². The molecule has 0 fully saturated rings. The number of aryl methyl sites for hydroxylation is 2. The molecule has 3 rings (SSSR count). The van der Waals surface area contributed by atoms with Crippen molar-refractivity contribution < 1.29 is 8.42 Å². The lowest BCUT2D eigenvalue weighted by molar-refractivity contribution is 0.600. The van der Waals surface area contributed by atoms with Crippen LogP contribution in [-0.2, 0) is 22.9 Å². The number of nitrogens with zero attached hydrogens (tertiary/aromatic N) is 1. The van der Waals surface area contributed by atoms with Crippen LogP contribution in [0.2, 0.25) is 0 Å². The zero-order valence-corrected chi connectivity index (χ0v) is 16.3. The molecule has 6 heteroatoms. The van der Waals surface area contributed by atoms with Crippen LogP contribution in [0.3, 0.4) is 0 Å². The van der Waals surface area contributed by atoms with E-state index in [0.29, 0.717) is 16.6 Å². The first-order valence-corrected chi connectivity index (χ1v) is 10.8. The summed E-state index contributed by atoms with van der Waals surface area (Å²) >= 11 is 0. The Morgan fingerprint density at radius 3 is 2.54 bits per heavy atom. The van der Waals surface area contributed by atoms with Crippen LogP contribution in [0.5, 0.6) is 0 Å². The standard InChI is InChI=1S/C20H27N3O2S/c1-15(2)11-12-21-18-8-10-20(22-14-18)23-26(24,25)19-9-7-16-5-3-4-6-17(16)13-19/h7-10,13-15,21H,3-6,11-12H2,1-2H3,(H,22,23). The van der Waals surface area contributed by atoms with E-state index in [-0.39, 0.29) is 0 Å². The third kappa shape index (κ3) is 4.75. The minimum Gasteiger partial charge on any atom is -0.384 e. The molecule has 0 amide bonds. The van der Waals surface area contributed by atoms with Crippen molar-refractivity contribution in [3.8, 4) is 0 Å². The molecule has 1 aliphatic rings. The number of aromatic nitrogens is 1. The molecule has 0 atom stereocenters. The van der Waals surface area contributed by atoms with Gasteiger partial charge in [-0.1, -0.05) is 19.9 Å². The van der Waals surface area contributed by atoms with Crippen LogP contribution in [0.25, 0.3) is 0 Å². The van der Waals surface area contributed by atoms with Crippen LogP contribution in [0.4, 0.5) is 11.5 Å². The molecule has 0 radical (unpaired) electrons. The highest BCUT2D eigenvalue weighted by Gasteiger charge is 2.18. The number of sulfonamides is 1. The molecule has 5 nitrogen and oxygen atoms in total. The maximum absolute atomic E-state index is 12.7. The van der Waals surface area contributed by atoms with Gasteiger partial charge < -0.3 is 5.32 Å². The van der Waals surface area contributed by atoms with E-state index < -0.39 is 10.0 Å². The molecule has 1 aliphatic carbocycles. The summed E-state index contributed by atoms with van der Waals surface area (Å²) in [6.45, 7) is 5.23. The highest BCUT2D eigenvalue weighted by atomic mass is 32.2. The second kappa shape index (κ2) is 8.08. The van der Waals surface area contributed by atoms with Crippen LogP contribution >= 0.6 is 0 Å². The molecule has 26 heavy (non-hydrogen) atoms. The van der Waals surface area contributed by atoms with Gasteiger partial charge in [0.05, 0.1) is 16.8 Å². The average Bonchev–Trinajstić information content (AvgIpc) is 2.62. The number of fused-ring (bicyclic) bond motifs is 1. The summed E-state index contributed by atoms with van der Waals surface area (Å²) < 4.78 is 27.9. The van der Waals surface area contributed by atoms with E-state index >= 15 is 0 Å². The number of hydrogen-bond acceptors (Lipinski definition) is 4. The Balaban J connectivity index is 1.67. The molecule has 0 spiro atoms. The molecule has 0 bridgehead atoms. The fourth-order valence-electron chi connectivity index (χ4n) is 3.14. The largest absolute Gasteiger partial charge is 0.384 e. The first-order chi connectivity index (χ1) is 12.4. The lowest BCUT2D eigenvalue weighted by Crippen LogP contribution is -2.15. The topological polar surface area (TPSA) is 71.1 Å². The predicted octanol–water partition coefficient (Wildman–Crippen LogP) is 4.22. The predicted molar refractivity (Wildman–Crippen MR) is 106 cm³/mol. The van der Waals surface area contributed by atoms with E-state index in [1.54, 1.807) is 24.4 Å². The molecule has 1 aromatic heterocycles. The lowest BCUT2D eigenvalue weighted by atomic mass is 9.92. The summed E-state index contributed by atoms with van der Waals surface area (Å²) in [5.74, 6) is 0.968.